The number of nitrogens with zero attached hydrogens (tertiary/aromatic N) is 1. The van der Waals surface area contributed by atoms with Crippen molar-refractivity contribution in [2.45, 2.75) is 89.8 Å². The Balaban J connectivity index is 2.38. The van der Waals surface area contributed by atoms with Gasteiger partial charge in [-0.15, -0.1) is 0 Å². The number of rotatable bonds is 3. The minimum atomic E-state index is -0.618. The number of piperazine rings is 1. The number of carbonyl (C=O) groups excluding carboxylic acids is 2. The summed E-state index contributed by atoms with van der Waals surface area (Å²) in [6.07, 6.45) is 6.58. The van der Waals surface area contributed by atoms with Gasteiger partial charge in [0.2, 0.25) is 11.8 Å². The molecule has 1 spiro atoms. The summed E-state index contributed by atoms with van der Waals surface area (Å²) in [5, 5.41) is 3.05. The molecule has 4 heteroatoms. The molecule has 114 valence electrons. The highest BCUT2D eigenvalue weighted by Gasteiger charge is 2.53. The molecule has 1 atom stereocenters. The summed E-state index contributed by atoms with van der Waals surface area (Å²) in [7, 11) is 0. The summed E-state index contributed by atoms with van der Waals surface area (Å²) in [5.74, 6) is 0.162. The fourth-order valence-corrected chi connectivity index (χ4v) is 3.71. The summed E-state index contributed by atoms with van der Waals surface area (Å²) < 4.78 is 0. The van der Waals surface area contributed by atoms with Crippen LogP contribution in [0.1, 0.15) is 72.6 Å². The largest absolute Gasteiger partial charge is 0.340 e. The van der Waals surface area contributed by atoms with Crippen molar-refractivity contribution in [3.8, 4) is 0 Å². The van der Waals surface area contributed by atoms with E-state index < -0.39 is 5.54 Å². The van der Waals surface area contributed by atoms with Crippen LogP contribution in [0, 0.1) is 0 Å². The second kappa shape index (κ2) is 5.38. The molecule has 2 rings (SSSR count). The van der Waals surface area contributed by atoms with E-state index in [9.17, 15) is 9.59 Å². The molecular weight excluding hydrogens is 252 g/mol. The highest BCUT2D eigenvalue weighted by molar-refractivity contribution is 6.00. The first kappa shape index (κ1) is 15.3. The maximum atomic E-state index is 13.1. The normalized spacial score (nSPS) is 26.8. The Kier molecular flexibility index (Phi) is 4.12. The zero-order valence-electron chi connectivity index (χ0n) is 13.3. The number of nitrogens with one attached hydrogen (secondary N) is 1. The molecule has 1 aliphatic carbocycles. The Labute approximate surface area is 122 Å². The van der Waals surface area contributed by atoms with E-state index in [0.29, 0.717) is 0 Å². The van der Waals surface area contributed by atoms with Crippen LogP contribution < -0.4 is 5.32 Å². The monoisotopic (exact) mass is 280 g/mol. The molecule has 2 aliphatic rings. The van der Waals surface area contributed by atoms with Gasteiger partial charge in [0, 0.05) is 5.54 Å². The van der Waals surface area contributed by atoms with E-state index >= 15 is 0 Å². The number of carbonyl (C=O) groups is 2. The molecule has 0 radical (unpaired) electrons. The van der Waals surface area contributed by atoms with Crippen molar-refractivity contribution in [2.75, 3.05) is 0 Å². The Morgan fingerprint density at radius 1 is 1.20 bits per heavy atom. The van der Waals surface area contributed by atoms with Crippen LogP contribution in [0.3, 0.4) is 0 Å². The van der Waals surface area contributed by atoms with Gasteiger partial charge in [-0.05, 0) is 39.5 Å². The lowest BCUT2D eigenvalue weighted by Crippen LogP contribution is -2.74. The average Bonchev–Trinajstić information content (AvgIpc) is 2.46. The number of amides is 2. The first-order valence-corrected chi connectivity index (χ1v) is 8.06. The quantitative estimate of drug-likeness (QED) is 0.864. The Morgan fingerprint density at radius 3 is 2.25 bits per heavy atom. The van der Waals surface area contributed by atoms with Gasteiger partial charge in [-0.1, -0.05) is 33.1 Å². The lowest BCUT2D eigenvalue weighted by atomic mass is 9.76. The molecule has 1 saturated carbocycles. The molecule has 4 nitrogen and oxygen atoms in total. The predicted octanol–water partition coefficient (Wildman–Crippen LogP) is 2.61. The first-order valence-electron chi connectivity index (χ1n) is 8.06. The Morgan fingerprint density at radius 2 is 1.75 bits per heavy atom. The molecule has 1 aliphatic heterocycles. The minimum absolute atomic E-state index is 0.0135. The minimum Gasteiger partial charge on any atom is -0.340 e. The smallest absolute Gasteiger partial charge is 0.249 e. The van der Waals surface area contributed by atoms with E-state index in [4.69, 9.17) is 0 Å². The van der Waals surface area contributed by atoms with E-state index in [2.05, 4.69) is 26.1 Å². The van der Waals surface area contributed by atoms with Crippen molar-refractivity contribution in [1.82, 2.24) is 10.2 Å². The van der Waals surface area contributed by atoms with Gasteiger partial charge in [-0.2, -0.15) is 0 Å². The van der Waals surface area contributed by atoms with E-state index in [1.807, 2.05) is 11.8 Å². The molecule has 1 saturated heterocycles. The third-order valence-corrected chi connectivity index (χ3v) is 5.57. The maximum Gasteiger partial charge on any atom is 0.249 e. The van der Waals surface area contributed by atoms with Gasteiger partial charge >= 0.3 is 0 Å². The van der Waals surface area contributed by atoms with Gasteiger partial charge in [0.25, 0.3) is 0 Å². The molecule has 0 bridgehead atoms. The van der Waals surface area contributed by atoms with Crippen molar-refractivity contribution in [1.29, 1.82) is 0 Å². The van der Waals surface area contributed by atoms with Gasteiger partial charge in [0.1, 0.15) is 11.6 Å². The average molecular weight is 280 g/mol. The van der Waals surface area contributed by atoms with Crippen LogP contribution in [0.2, 0.25) is 0 Å². The number of hydrogen-bond acceptors (Lipinski definition) is 2. The molecule has 1 N–H and O–H groups in total. The van der Waals surface area contributed by atoms with Gasteiger partial charge in [-0.25, -0.2) is 0 Å². The molecule has 0 aromatic rings. The summed E-state index contributed by atoms with van der Waals surface area (Å²) in [4.78, 5) is 27.4. The van der Waals surface area contributed by atoms with Crippen LogP contribution in [0.4, 0.5) is 0 Å². The van der Waals surface area contributed by atoms with E-state index in [1.165, 1.54) is 6.42 Å². The summed E-state index contributed by atoms with van der Waals surface area (Å²) in [6, 6.07) is -0.361. The second-order valence-corrected chi connectivity index (χ2v) is 6.69. The van der Waals surface area contributed by atoms with Crippen molar-refractivity contribution >= 4 is 11.8 Å². The highest BCUT2D eigenvalue weighted by Crippen LogP contribution is 2.37. The van der Waals surface area contributed by atoms with Crippen LogP contribution in [0.25, 0.3) is 0 Å². The topological polar surface area (TPSA) is 49.4 Å². The third kappa shape index (κ3) is 2.23. The maximum absolute atomic E-state index is 13.1. The van der Waals surface area contributed by atoms with Crippen molar-refractivity contribution in [2.24, 2.45) is 0 Å². The van der Waals surface area contributed by atoms with Crippen LogP contribution in [0.15, 0.2) is 0 Å². The summed E-state index contributed by atoms with van der Waals surface area (Å²) in [6.45, 7) is 8.16. The predicted molar refractivity (Wildman–Crippen MR) is 79.3 cm³/mol. The lowest BCUT2D eigenvalue weighted by molar-refractivity contribution is -0.163. The molecule has 2 amide bonds. The van der Waals surface area contributed by atoms with Crippen LogP contribution in [-0.4, -0.2) is 33.8 Å². The zero-order valence-corrected chi connectivity index (χ0v) is 13.3. The highest BCUT2D eigenvalue weighted by atomic mass is 16.2. The zero-order chi connectivity index (χ0) is 15.0. The van der Waals surface area contributed by atoms with Gasteiger partial charge in [0.15, 0.2) is 0 Å². The fraction of sp³-hybridized carbons (Fsp3) is 0.875. The van der Waals surface area contributed by atoms with Gasteiger partial charge in [0.05, 0.1) is 0 Å². The SMILES string of the molecule is CCC(C)(CC)N1C(=O)C2(CCCCC2)NC(=O)C1C. The van der Waals surface area contributed by atoms with Crippen LogP contribution in [-0.2, 0) is 9.59 Å². The van der Waals surface area contributed by atoms with Gasteiger partial charge < -0.3 is 10.2 Å². The molecule has 20 heavy (non-hydrogen) atoms. The number of hydrogen-bond donors (Lipinski definition) is 1. The molecule has 0 aromatic heterocycles. The first-order chi connectivity index (χ1) is 9.40. The van der Waals surface area contributed by atoms with Gasteiger partial charge in [-0.3, -0.25) is 9.59 Å². The fourth-order valence-electron chi connectivity index (χ4n) is 3.71. The second-order valence-electron chi connectivity index (χ2n) is 6.69. The van der Waals surface area contributed by atoms with Crippen molar-refractivity contribution < 1.29 is 9.59 Å². The molecular formula is C16H28N2O2. The Hall–Kier alpha value is -1.06. The molecule has 0 aromatic carbocycles. The third-order valence-electron chi connectivity index (χ3n) is 5.57. The van der Waals surface area contributed by atoms with E-state index in [1.54, 1.807) is 0 Å². The van der Waals surface area contributed by atoms with E-state index in [-0.39, 0.29) is 23.4 Å². The molecule has 2 fully saturated rings. The lowest BCUT2D eigenvalue weighted by Gasteiger charge is -2.53. The van der Waals surface area contributed by atoms with Crippen LogP contribution >= 0.6 is 0 Å². The van der Waals surface area contributed by atoms with Crippen LogP contribution in [0.5, 0.6) is 0 Å². The van der Waals surface area contributed by atoms with E-state index in [0.717, 1.165) is 38.5 Å². The summed E-state index contributed by atoms with van der Waals surface area (Å²) >= 11 is 0. The summed E-state index contributed by atoms with van der Waals surface area (Å²) in [5.41, 5.74) is -0.841. The standard InChI is InChI=1S/C16H28N2O2/c1-5-15(4,6-2)18-12(3)13(19)17-16(14(18)20)10-8-7-9-11-16/h12H,5-11H2,1-4H3,(H,17,19). The van der Waals surface area contributed by atoms with Crippen molar-refractivity contribution in [3.63, 3.8) is 0 Å². The Bertz CT molecular complexity index is 395. The molecule has 1 unspecified atom stereocenters. The van der Waals surface area contributed by atoms with Crippen molar-refractivity contribution in [3.05, 3.63) is 0 Å². The molecule has 1 heterocycles.